The summed E-state index contributed by atoms with van der Waals surface area (Å²) in [6.07, 6.45) is 6.32. The second kappa shape index (κ2) is 8.70. The minimum Gasteiger partial charge on any atom is -0.354 e. The Labute approximate surface area is 139 Å². The topological polar surface area (TPSA) is 58.2 Å². The summed E-state index contributed by atoms with van der Waals surface area (Å²) in [5.41, 5.74) is 2.06. The van der Waals surface area contributed by atoms with Gasteiger partial charge in [-0.1, -0.05) is 44.4 Å². The molecular weight excluding hydrogens is 288 g/mol. The zero-order valence-electron chi connectivity index (χ0n) is 14.2. The number of carbonyl (C=O) groups excluding carboxylic acids is 2. The third kappa shape index (κ3) is 5.38. The molecule has 2 N–H and O–H groups in total. The van der Waals surface area contributed by atoms with Crippen molar-refractivity contribution in [1.82, 2.24) is 5.32 Å². The van der Waals surface area contributed by atoms with Gasteiger partial charge in [-0.05, 0) is 37.8 Å². The lowest BCUT2D eigenvalue weighted by Gasteiger charge is -2.24. The first-order valence-corrected chi connectivity index (χ1v) is 8.78. The van der Waals surface area contributed by atoms with E-state index in [4.69, 9.17) is 0 Å². The number of anilines is 1. The van der Waals surface area contributed by atoms with E-state index >= 15 is 0 Å². The van der Waals surface area contributed by atoms with Crippen molar-refractivity contribution < 1.29 is 9.59 Å². The van der Waals surface area contributed by atoms with Gasteiger partial charge in [0.1, 0.15) is 0 Å². The largest absolute Gasteiger partial charge is 0.354 e. The SMILES string of the molecule is CCCCCC(C)NC(=O)CCC1Cc2ccccc2NC1=O. The molecule has 4 heteroatoms. The summed E-state index contributed by atoms with van der Waals surface area (Å²) in [5, 5.41) is 5.98. The first kappa shape index (κ1) is 17.5. The quantitative estimate of drug-likeness (QED) is 0.719. The molecule has 1 aliphatic heterocycles. The Hall–Kier alpha value is -1.84. The molecular formula is C19H28N2O2. The Morgan fingerprint density at radius 1 is 1.35 bits per heavy atom. The molecule has 2 amide bonds. The van der Waals surface area contributed by atoms with Crippen LogP contribution < -0.4 is 10.6 Å². The highest BCUT2D eigenvalue weighted by Crippen LogP contribution is 2.27. The summed E-state index contributed by atoms with van der Waals surface area (Å²) in [4.78, 5) is 24.2. The number of nitrogens with one attached hydrogen (secondary N) is 2. The molecule has 1 heterocycles. The van der Waals surface area contributed by atoms with Crippen LogP contribution in [-0.4, -0.2) is 17.9 Å². The van der Waals surface area contributed by atoms with Gasteiger partial charge in [0, 0.05) is 24.1 Å². The fourth-order valence-electron chi connectivity index (χ4n) is 3.07. The molecule has 1 aliphatic rings. The lowest BCUT2D eigenvalue weighted by Crippen LogP contribution is -2.34. The van der Waals surface area contributed by atoms with Crippen LogP contribution in [0.5, 0.6) is 0 Å². The number of para-hydroxylation sites is 1. The van der Waals surface area contributed by atoms with Gasteiger partial charge in [-0.15, -0.1) is 0 Å². The number of fused-ring (bicyclic) bond motifs is 1. The van der Waals surface area contributed by atoms with Crippen molar-refractivity contribution in [2.45, 2.75) is 64.8 Å². The molecule has 2 rings (SSSR count). The van der Waals surface area contributed by atoms with Crippen LogP contribution in [0, 0.1) is 5.92 Å². The van der Waals surface area contributed by atoms with Gasteiger partial charge in [0.25, 0.3) is 0 Å². The lowest BCUT2D eigenvalue weighted by molar-refractivity contribution is -0.123. The van der Waals surface area contributed by atoms with Gasteiger partial charge in [0.2, 0.25) is 11.8 Å². The molecule has 2 unspecified atom stereocenters. The zero-order valence-corrected chi connectivity index (χ0v) is 14.2. The van der Waals surface area contributed by atoms with E-state index in [1.165, 1.54) is 12.8 Å². The fraction of sp³-hybridized carbons (Fsp3) is 0.579. The Morgan fingerprint density at radius 2 is 2.13 bits per heavy atom. The molecule has 0 saturated heterocycles. The highest BCUT2D eigenvalue weighted by molar-refractivity contribution is 5.96. The van der Waals surface area contributed by atoms with Crippen LogP contribution in [-0.2, 0) is 16.0 Å². The molecule has 1 aromatic rings. The van der Waals surface area contributed by atoms with Crippen molar-refractivity contribution in [3.8, 4) is 0 Å². The first-order valence-electron chi connectivity index (χ1n) is 8.78. The van der Waals surface area contributed by atoms with Crippen molar-refractivity contribution >= 4 is 17.5 Å². The van der Waals surface area contributed by atoms with Gasteiger partial charge in [-0.2, -0.15) is 0 Å². The molecule has 0 fully saturated rings. The van der Waals surface area contributed by atoms with Crippen molar-refractivity contribution in [3.63, 3.8) is 0 Å². The van der Waals surface area contributed by atoms with Crippen LogP contribution in [0.15, 0.2) is 24.3 Å². The average molecular weight is 316 g/mol. The molecule has 23 heavy (non-hydrogen) atoms. The van der Waals surface area contributed by atoms with Crippen LogP contribution in [0.25, 0.3) is 0 Å². The maximum Gasteiger partial charge on any atom is 0.227 e. The molecule has 0 radical (unpaired) electrons. The standard InChI is InChI=1S/C19H28N2O2/c1-3-4-5-8-14(2)20-18(22)12-11-16-13-15-9-6-7-10-17(15)21-19(16)23/h6-7,9-10,14,16H,3-5,8,11-13H2,1-2H3,(H,20,22)(H,21,23). The number of rotatable bonds is 8. The predicted octanol–water partition coefficient (Wildman–Crippen LogP) is 3.66. The molecule has 126 valence electrons. The van der Waals surface area contributed by atoms with Crippen LogP contribution in [0.4, 0.5) is 5.69 Å². The van der Waals surface area contributed by atoms with Crippen LogP contribution in [0.1, 0.15) is 57.9 Å². The summed E-state index contributed by atoms with van der Waals surface area (Å²) < 4.78 is 0. The molecule has 1 aromatic carbocycles. The van der Waals surface area contributed by atoms with Crippen LogP contribution in [0.2, 0.25) is 0 Å². The van der Waals surface area contributed by atoms with Gasteiger partial charge < -0.3 is 10.6 Å². The van der Waals surface area contributed by atoms with E-state index in [1.807, 2.05) is 24.3 Å². The van der Waals surface area contributed by atoms with E-state index in [-0.39, 0.29) is 23.8 Å². The first-order chi connectivity index (χ1) is 11.1. The molecule has 0 spiro atoms. The number of hydrogen-bond donors (Lipinski definition) is 2. The highest BCUT2D eigenvalue weighted by Gasteiger charge is 2.26. The van der Waals surface area contributed by atoms with E-state index in [2.05, 4.69) is 24.5 Å². The van der Waals surface area contributed by atoms with E-state index in [1.54, 1.807) is 0 Å². The Kier molecular flexibility index (Phi) is 6.63. The smallest absolute Gasteiger partial charge is 0.227 e. The predicted molar refractivity (Wildman–Crippen MR) is 93.2 cm³/mol. The van der Waals surface area contributed by atoms with Gasteiger partial charge in [-0.25, -0.2) is 0 Å². The third-order valence-corrected chi connectivity index (χ3v) is 4.48. The molecule has 0 bridgehead atoms. The van der Waals surface area contributed by atoms with Crippen LogP contribution in [0.3, 0.4) is 0 Å². The summed E-state index contributed by atoms with van der Waals surface area (Å²) in [6, 6.07) is 8.09. The molecule has 0 saturated carbocycles. The zero-order chi connectivity index (χ0) is 16.7. The second-order valence-corrected chi connectivity index (χ2v) is 6.55. The van der Waals surface area contributed by atoms with Crippen molar-refractivity contribution in [2.24, 2.45) is 5.92 Å². The summed E-state index contributed by atoms with van der Waals surface area (Å²) in [5.74, 6) is -0.0146. The second-order valence-electron chi connectivity index (χ2n) is 6.55. The number of benzene rings is 1. The average Bonchev–Trinajstić information content (AvgIpc) is 2.53. The number of carbonyl (C=O) groups is 2. The third-order valence-electron chi connectivity index (χ3n) is 4.48. The minimum absolute atomic E-state index is 0.0347. The van der Waals surface area contributed by atoms with Crippen molar-refractivity contribution in [2.75, 3.05) is 5.32 Å². The van der Waals surface area contributed by atoms with E-state index in [0.29, 0.717) is 12.8 Å². The maximum absolute atomic E-state index is 12.1. The fourth-order valence-corrected chi connectivity index (χ4v) is 3.07. The number of amides is 2. The van der Waals surface area contributed by atoms with Crippen molar-refractivity contribution in [3.05, 3.63) is 29.8 Å². The van der Waals surface area contributed by atoms with Crippen molar-refractivity contribution in [1.29, 1.82) is 0 Å². The van der Waals surface area contributed by atoms with Gasteiger partial charge in [-0.3, -0.25) is 9.59 Å². The summed E-state index contributed by atoms with van der Waals surface area (Å²) in [7, 11) is 0. The molecule has 0 aliphatic carbocycles. The Morgan fingerprint density at radius 3 is 2.91 bits per heavy atom. The van der Waals surface area contributed by atoms with Gasteiger partial charge in [0.05, 0.1) is 0 Å². The van der Waals surface area contributed by atoms with E-state index in [9.17, 15) is 9.59 Å². The molecule has 4 nitrogen and oxygen atoms in total. The number of unbranched alkanes of at least 4 members (excludes halogenated alkanes) is 2. The number of hydrogen-bond acceptors (Lipinski definition) is 2. The van der Waals surface area contributed by atoms with E-state index in [0.717, 1.165) is 30.5 Å². The monoisotopic (exact) mass is 316 g/mol. The maximum atomic E-state index is 12.1. The molecule has 0 aromatic heterocycles. The van der Waals surface area contributed by atoms with E-state index < -0.39 is 0 Å². The van der Waals surface area contributed by atoms with Gasteiger partial charge in [0.15, 0.2) is 0 Å². The van der Waals surface area contributed by atoms with Gasteiger partial charge >= 0.3 is 0 Å². The van der Waals surface area contributed by atoms with Crippen LogP contribution >= 0.6 is 0 Å². The summed E-state index contributed by atoms with van der Waals surface area (Å²) >= 11 is 0. The summed E-state index contributed by atoms with van der Waals surface area (Å²) in [6.45, 7) is 4.23. The highest BCUT2D eigenvalue weighted by atomic mass is 16.2. The Bertz CT molecular complexity index is 542. The lowest BCUT2D eigenvalue weighted by atomic mass is 9.89. The Balaban J connectivity index is 1.75. The normalized spacial score (nSPS) is 18.0. The minimum atomic E-state index is -0.106. The molecule has 2 atom stereocenters.